The Morgan fingerprint density at radius 2 is 1.85 bits per heavy atom. The zero-order valence-electron chi connectivity index (χ0n) is 15.0. The van der Waals surface area contributed by atoms with Crippen molar-refractivity contribution in [2.24, 2.45) is 0 Å². The monoisotopic (exact) mass is 379 g/mol. The van der Waals surface area contributed by atoms with Crippen LogP contribution in [0.4, 0.5) is 10.1 Å². The van der Waals surface area contributed by atoms with Crippen LogP contribution in [0.15, 0.2) is 60.7 Å². The molecule has 0 spiro atoms. The molecule has 6 heteroatoms. The van der Waals surface area contributed by atoms with E-state index in [1.165, 1.54) is 23.5 Å². The number of halogens is 1. The number of aromatic nitrogens is 2. The number of aryl methyl sites for hydroxylation is 1. The quantitative estimate of drug-likeness (QED) is 0.507. The maximum Gasteiger partial charge on any atom is 0.268 e. The average molecular weight is 379 g/mol. The first-order valence-corrected chi connectivity index (χ1v) is 9.39. The predicted molar refractivity (Wildman–Crippen MR) is 107 cm³/mol. The lowest BCUT2D eigenvalue weighted by molar-refractivity contribution is 0.0997. The number of amides is 1. The third kappa shape index (κ3) is 3.36. The van der Waals surface area contributed by atoms with E-state index in [1.54, 1.807) is 24.1 Å². The summed E-state index contributed by atoms with van der Waals surface area (Å²) in [5.41, 5.74) is 2.69. The van der Waals surface area contributed by atoms with E-state index in [9.17, 15) is 9.18 Å². The SMILES string of the molecule is Cc1nn(Cc2ccc(F)cc2)c2sc(C(=O)N(C)c3ccccc3)cc12. The van der Waals surface area contributed by atoms with Crippen LogP contribution in [0.1, 0.15) is 20.9 Å². The summed E-state index contributed by atoms with van der Waals surface area (Å²) in [4.78, 5) is 16.2. The predicted octanol–water partition coefficient (Wildman–Crippen LogP) is 4.87. The van der Waals surface area contributed by atoms with Gasteiger partial charge in [0.15, 0.2) is 0 Å². The van der Waals surface area contributed by atoms with Gasteiger partial charge in [-0.25, -0.2) is 4.39 Å². The molecule has 0 radical (unpaired) electrons. The summed E-state index contributed by atoms with van der Waals surface area (Å²) < 4.78 is 15.0. The first kappa shape index (κ1) is 17.4. The van der Waals surface area contributed by atoms with Crippen molar-refractivity contribution in [3.8, 4) is 0 Å². The molecule has 0 atom stereocenters. The molecule has 0 aliphatic carbocycles. The molecule has 0 fully saturated rings. The Balaban J connectivity index is 1.66. The second-order valence-corrected chi connectivity index (χ2v) is 7.43. The Bertz CT molecular complexity index is 1100. The van der Waals surface area contributed by atoms with Crippen molar-refractivity contribution >= 4 is 33.1 Å². The van der Waals surface area contributed by atoms with Crippen LogP contribution in [0.2, 0.25) is 0 Å². The van der Waals surface area contributed by atoms with Crippen molar-refractivity contribution in [2.45, 2.75) is 13.5 Å². The normalized spacial score (nSPS) is 11.1. The minimum Gasteiger partial charge on any atom is -0.311 e. The summed E-state index contributed by atoms with van der Waals surface area (Å²) in [6.45, 7) is 2.47. The molecule has 0 saturated heterocycles. The number of nitrogens with zero attached hydrogens (tertiary/aromatic N) is 3. The van der Waals surface area contributed by atoms with Gasteiger partial charge in [0, 0.05) is 18.1 Å². The van der Waals surface area contributed by atoms with Gasteiger partial charge in [-0.3, -0.25) is 9.48 Å². The fourth-order valence-electron chi connectivity index (χ4n) is 3.02. The third-order valence-corrected chi connectivity index (χ3v) is 5.65. The minimum atomic E-state index is -0.256. The minimum absolute atomic E-state index is 0.0462. The molecule has 4 nitrogen and oxygen atoms in total. The molecule has 0 aliphatic heterocycles. The zero-order valence-corrected chi connectivity index (χ0v) is 15.8. The number of fused-ring (bicyclic) bond motifs is 1. The highest BCUT2D eigenvalue weighted by molar-refractivity contribution is 7.20. The zero-order chi connectivity index (χ0) is 19.0. The van der Waals surface area contributed by atoms with Crippen LogP contribution in [0.3, 0.4) is 0 Å². The van der Waals surface area contributed by atoms with Crippen molar-refractivity contribution in [1.82, 2.24) is 9.78 Å². The lowest BCUT2D eigenvalue weighted by Gasteiger charge is -2.16. The fraction of sp³-hybridized carbons (Fsp3) is 0.143. The summed E-state index contributed by atoms with van der Waals surface area (Å²) in [6, 6.07) is 17.9. The van der Waals surface area contributed by atoms with Crippen LogP contribution < -0.4 is 4.90 Å². The number of hydrogen-bond donors (Lipinski definition) is 0. The maximum absolute atomic E-state index is 13.1. The number of carbonyl (C=O) groups is 1. The van der Waals surface area contributed by atoms with E-state index in [0.29, 0.717) is 11.4 Å². The molecule has 0 aliphatic rings. The fourth-order valence-corrected chi connectivity index (χ4v) is 4.16. The molecule has 1 amide bonds. The Morgan fingerprint density at radius 1 is 1.15 bits per heavy atom. The molecule has 2 aromatic heterocycles. The molecule has 136 valence electrons. The summed E-state index contributed by atoms with van der Waals surface area (Å²) in [5.74, 6) is -0.302. The largest absolute Gasteiger partial charge is 0.311 e. The van der Waals surface area contributed by atoms with E-state index in [2.05, 4.69) is 5.10 Å². The van der Waals surface area contributed by atoms with Crippen LogP contribution in [-0.2, 0) is 6.54 Å². The standard InChI is InChI=1S/C21H18FN3OS/c1-14-18-12-19(20(26)24(2)17-6-4-3-5-7-17)27-21(18)25(23-14)13-15-8-10-16(22)11-9-15/h3-12H,13H2,1-2H3. The molecule has 0 N–H and O–H groups in total. The summed E-state index contributed by atoms with van der Waals surface area (Å²) in [7, 11) is 1.78. The molecule has 27 heavy (non-hydrogen) atoms. The Labute approximate surface area is 160 Å². The van der Waals surface area contributed by atoms with Crippen LogP contribution in [0.25, 0.3) is 10.2 Å². The number of benzene rings is 2. The van der Waals surface area contributed by atoms with Crippen LogP contribution in [0, 0.1) is 12.7 Å². The Morgan fingerprint density at radius 3 is 2.56 bits per heavy atom. The first-order chi connectivity index (χ1) is 13.0. The molecule has 2 aromatic carbocycles. The summed E-state index contributed by atoms with van der Waals surface area (Å²) >= 11 is 1.43. The first-order valence-electron chi connectivity index (χ1n) is 8.57. The van der Waals surface area contributed by atoms with E-state index in [-0.39, 0.29) is 11.7 Å². The summed E-state index contributed by atoms with van der Waals surface area (Å²) in [6.07, 6.45) is 0. The van der Waals surface area contributed by atoms with Gasteiger partial charge < -0.3 is 4.90 Å². The van der Waals surface area contributed by atoms with Crippen molar-refractivity contribution in [3.05, 3.63) is 82.6 Å². The van der Waals surface area contributed by atoms with E-state index in [0.717, 1.165) is 27.2 Å². The molecule has 0 unspecified atom stereocenters. The number of thiophene rings is 1. The number of carbonyl (C=O) groups excluding carboxylic acids is 1. The molecule has 0 saturated carbocycles. The Kier molecular flexibility index (Phi) is 4.49. The van der Waals surface area contributed by atoms with Gasteiger partial charge in [-0.2, -0.15) is 5.10 Å². The van der Waals surface area contributed by atoms with Crippen LogP contribution in [0.5, 0.6) is 0 Å². The average Bonchev–Trinajstić information content (AvgIpc) is 3.24. The van der Waals surface area contributed by atoms with Gasteiger partial charge in [-0.1, -0.05) is 30.3 Å². The summed E-state index contributed by atoms with van der Waals surface area (Å²) in [5, 5.41) is 5.56. The van der Waals surface area contributed by atoms with Crippen molar-refractivity contribution in [3.63, 3.8) is 0 Å². The number of hydrogen-bond acceptors (Lipinski definition) is 3. The van der Waals surface area contributed by atoms with Gasteiger partial charge >= 0.3 is 0 Å². The van der Waals surface area contributed by atoms with Crippen molar-refractivity contribution in [2.75, 3.05) is 11.9 Å². The third-order valence-electron chi connectivity index (χ3n) is 4.51. The molecule has 4 rings (SSSR count). The highest BCUT2D eigenvalue weighted by Crippen LogP contribution is 2.30. The van der Waals surface area contributed by atoms with Gasteiger partial charge in [-0.15, -0.1) is 11.3 Å². The van der Waals surface area contributed by atoms with E-state index in [1.807, 2.05) is 48.0 Å². The number of anilines is 1. The molecular weight excluding hydrogens is 361 g/mol. The van der Waals surface area contributed by atoms with Gasteiger partial charge in [0.1, 0.15) is 10.6 Å². The van der Waals surface area contributed by atoms with E-state index < -0.39 is 0 Å². The van der Waals surface area contributed by atoms with Crippen molar-refractivity contribution < 1.29 is 9.18 Å². The van der Waals surface area contributed by atoms with Gasteiger partial charge in [-0.05, 0) is 42.8 Å². The van der Waals surface area contributed by atoms with Crippen LogP contribution in [-0.4, -0.2) is 22.7 Å². The maximum atomic E-state index is 13.1. The highest BCUT2D eigenvalue weighted by Gasteiger charge is 2.20. The lowest BCUT2D eigenvalue weighted by Crippen LogP contribution is -2.25. The second kappa shape index (κ2) is 6.96. The number of para-hydroxylation sites is 1. The van der Waals surface area contributed by atoms with Crippen molar-refractivity contribution in [1.29, 1.82) is 0 Å². The van der Waals surface area contributed by atoms with Gasteiger partial charge in [0.25, 0.3) is 5.91 Å². The second-order valence-electron chi connectivity index (χ2n) is 6.40. The molecule has 0 bridgehead atoms. The van der Waals surface area contributed by atoms with E-state index >= 15 is 0 Å². The smallest absolute Gasteiger partial charge is 0.268 e. The topological polar surface area (TPSA) is 38.1 Å². The molecule has 4 aromatic rings. The molecule has 2 heterocycles. The van der Waals surface area contributed by atoms with E-state index in [4.69, 9.17) is 0 Å². The number of rotatable bonds is 4. The van der Waals surface area contributed by atoms with Gasteiger partial charge in [0.05, 0.1) is 17.1 Å². The Hall–Kier alpha value is -2.99. The molecular formula is C21H18FN3OS. The lowest BCUT2D eigenvalue weighted by atomic mass is 10.2. The highest BCUT2D eigenvalue weighted by atomic mass is 32.1. The van der Waals surface area contributed by atoms with Crippen LogP contribution >= 0.6 is 11.3 Å². The van der Waals surface area contributed by atoms with Gasteiger partial charge in [0.2, 0.25) is 0 Å².